The van der Waals surface area contributed by atoms with Crippen LogP contribution in [0.15, 0.2) is 46.9 Å². The van der Waals surface area contributed by atoms with Crippen LogP contribution in [0.1, 0.15) is 32.7 Å². The number of hydrogen-bond donors (Lipinski definition) is 2. The van der Waals surface area contributed by atoms with Crippen molar-refractivity contribution in [3.8, 4) is 0 Å². The number of nitro groups is 1. The van der Waals surface area contributed by atoms with E-state index in [9.17, 15) is 19.7 Å². The summed E-state index contributed by atoms with van der Waals surface area (Å²) in [6, 6.07) is 11.2. The van der Waals surface area contributed by atoms with Crippen LogP contribution in [0.25, 0.3) is 0 Å². The van der Waals surface area contributed by atoms with E-state index in [4.69, 9.17) is 0 Å². The lowest BCUT2D eigenvalue weighted by molar-refractivity contribution is -0.384. The first kappa shape index (κ1) is 19.6. The number of nitro benzene ring substituents is 1. The van der Waals surface area contributed by atoms with Crippen LogP contribution in [0.2, 0.25) is 0 Å². The Labute approximate surface area is 159 Å². The third-order valence-electron chi connectivity index (χ3n) is 3.69. The Morgan fingerprint density at radius 1 is 1.08 bits per heavy atom. The number of amides is 2. The third kappa shape index (κ3) is 5.38. The van der Waals surface area contributed by atoms with E-state index in [2.05, 4.69) is 26.6 Å². The number of nitrogens with one attached hydrogen (secondary N) is 2. The smallest absolute Gasteiger partial charge is 0.270 e. The number of non-ortho nitro benzene ring substituents is 1. The van der Waals surface area contributed by atoms with Crippen molar-refractivity contribution < 1.29 is 14.5 Å². The first-order valence-electron chi connectivity index (χ1n) is 7.95. The Morgan fingerprint density at radius 3 is 2.42 bits per heavy atom. The summed E-state index contributed by atoms with van der Waals surface area (Å²) >= 11 is 3.31. The lowest BCUT2D eigenvalue weighted by atomic mass is 10.1. The number of halogens is 1. The summed E-state index contributed by atoms with van der Waals surface area (Å²) in [6.07, 6.45) is 0.541. The molecule has 0 heterocycles. The summed E-state index contributed by atoms with van der Waals surface area (Å²) in [5.74, 6) is -0.559. The Kier molecular flexibility index (Phi) is 6.85. The summed E-state index contributed by atoms with van der Waals surface area (Å²) < 4.78 is 0.824. The minimum absolute atomic E-state index is 0.123. The quantitative estimate of drug-likeness (QED) is 0.408. The van der Waals surface area contributed by atoms with Crippen molar-refractivity contribution in [1.82, 2.24) is 10.6 Å². The molecule has 2 aromatic rings. The third-order valence-corrected chi connectivity index (χ3v) is 4.18. The van der Waals surface area contributed by atoms with Crippen molar-refractivity contribution in [3.63, 3.8) is 0 Å². The van der Waals surface area contributed by atoms with Gasteiger partial charge in [0.25, 0.3) is 17.5 Å². The largest absolute Gasteiger partial charge is 0.352 e. The van der Waals surface area contributed by atoms with Gasteiger partial charge in [-0.3, -0.25) is 19.7 Å². The number of nitrogens with zero attached hydrogens (tertiary/aromatic N) is 1. The Morgan fingerprint density at radius 2 is 1.77 bits per heavy atom. The fraction of sp³-hybridized carbons (Fsp3) is 0.222. The van der Waals surface area contributed by atoms with Gasteiger partial charge < -0.3 is 10.6 Å². The average Bonchev–Trinajstić information content (AvgIpc) is 2.61. The van der Waals surface area contributed by atoms with Crippen molar-refractivity contribution in [1.29, 1.82) is 0 Å². The molecule has 136 valence electrons. The van der Waals surface area contributed by atoms with Gasteiger partial charge in [0.05, 0.1) is 4.92 Å². The molecule has 0 saturated heterocycles. The summed E-state index contributed by atoms with van der Waals surface area (Å²) in [5, 5.41) is 16.3. The molecular weight excluding hydrogens is 402 g/mol. The fourth-order valence-electron chi connectivity index (χ4n) is 2.29. The van der Waals surface area contributed by atoms with Gasteiger partial charge in [-0.15, -0.1) is 0 Å². The molecule has 26 heavy (non-hydrogen) atoms. The van der Waals surface area contributed by atoms with Gasteiger partial charge in [0.15, 0.2) is 0 Å². The van der Waals surface area contributed by atoms with Crippen LogP contribution in [-0.4, -0.2) is 29.8 Å². The van der Waals surface area contributed by atoms with Gasteiger partial charge in [-0.25, -0.2) is 0 Å². The standard InChI is InChI=1S/C18H18BrN3O4/c1-12-6-7-15(22(25)26)11-16(12)18(24)21-9-3-8-20-17(23)13-4-2-5-14(19)10-13/h2,4-7,10-11H,3,8-9H2,1H3,(H,20,23)(H,21,24). The highest BCUT2D eigenvalue weighted by Crippen LogP contribution is 2.17. The van der Waals surface area contributed by atoms with Crippen molar-refractivity contribution in [2.75, 3.05) is 13.1 Å². The minimum atomic E-state index is -0.534. The molecule has 0 bridgehead atoms. The number of rotatable bonds is 7. The van der Waals surface area contributed by atoms with Crippen LogP contribution in [0, 0.1) is 17.0 Å². The minimum Gasteiger partial charge on any atom is -0.352 e. The van der Waals surface area contributed by atoms with E-state index in [0.29, 0.717) is 30.6 Å². The zero-order valence-corrected chi connectivity index (χ0v) is 15.7. The number of carbonyl (C=O) groups excluding carboxylic acids is 2. The fourth-order valence-corrected chi connectivity index (χ4v) is 2.69. The Hall–Kier alpha value is -2.74. The van der Waals surface area contributed by atoms with Crippen LogP contribution in [-0.2, 0) is 0 Å². The van der Waals surface area contributed by atoms with Gasteiger partial charge in [-0.2, -0.15) is 0 Å². The summed E-state index contributed by atoms with van der Waals surface area (Å²) in [7, 11) is 0. The highest BCUT2D eigenvalue weighted by molar-refractivity contribution is 9.10. The maximum absolute atomic E-state index is 12.2. The lowest BCUT2D eigenvalue weighted by Crippen LogP contribution is -2.30. The molecule has 7 nitrogen and oxygen atoms in total. The van der Waals surface area contributed by atoms with Crippen LogP contribution < -0.4 is 10.6 Å². The molecule has 0 spiro atoms. The second-order valence-electron chi connectivity index (χ2n) is 5.63. The molecule has 0 aliphatic carbocycles. The molecule has 2 amide bonds. The van der Waals surface area contributed by atoms with E-state index in [1.807, 2.05) is 6.07 Å². The van der Waals surface area contributed by atoms with Gasteiger partial charge in [0.1, 0.15) is 0 Å². The van der Waals surface area contributed by atoms with E-state index >= 15 is 0 Å². The van der Waals surface area contributed by atoms with E-state index < -0.39 is 4.92 Å². The molecule has 0 aliphatic heterocycles. The zero-order chi connectivity index (χ0) is 19.1. The summed E-state index contributed by atoms with van der Waals surface area (Å²) in [4.78, 5) is 34.4. The van der Waals surface area contributed by atoms with Crippen LogP contribution >= 0.6 is 15.9 Å². The predicted molar refractivity (Wildman–Crippen MR) is 101 cm³/mol. The van der Waals surface area contributed by atoms with E-state index in [0.717, 1.165) is 4.47 Å². The second kappa shape index (κ2) is 9.10. The molecule has 0 aromatic heterocycles. The molecule has 0 radical (unpaired) electrons. The Balaban J connectivity index is 1.79. The second-order valence-corrected chi connectivity index (χ2v) is 6.55. The highest BCUT2D eigenvalue weighted by atomic mass is 79.9. The molecule has 0 fully saturated rings. The average molecular weight is 420 g/mol. The molecule has 0 aliphatic rings. The summed E-state index contributed by atoms with van der Waals surface area (Å²) in [5.41, 5.74) is 1.37. The molecule has 0 unspecified atom stereocenters. The first-order valence-corrected chi connectivity index (χ1v) is 8.75. The van der Waals surface area contributed by atoms with Crippen molar-refractivity contribution in [2.45, 2.75) is 13.3 Å². The predicted octanol–water partition coefficient (Wildman–Crippen LogP) is 3.22. The normalized spacial score (nSPS) is 10.2. The zero-order valence-electron chi connectivity index (χ0n) is 14.1. The monoisotopic (exact) mass is 419 g/mol. The van der Waals surface area contributed by atoms with Crippen LogP contribution in [0.4, 0.5) is 5.69 Å². The molecular formula is C18H18BrN3O4. The van der Waals surface area contributed by atoms with Crippen molar-refractivity contribution in [3.05, 3.63) is 73.7 Å². The van der Waals surface area contributed by atoms with E-state index in [1.54, 1.807) is 31.2 Å². The first-order chi connectivity index (χ1) is 12.4. The van der Waals surface area contributed by atoms with E-state index in [-0.39, 0.29) is 23.1 Å². The van der Waals surface area contributed by atoms with E-state index in [1.165, 1.54) is 12.1 Å². The molecule has 2 aromatic carbocycles. The number of carbonyl (C=O) groups is 2. The SMILES string of the molecule is Cc1ccc([N+](=O)[O-])cc1C(=O)NCCCNC(=O)c1cccc(Br)c1. The number of aryl methyl sites for hydroxylation is 1. The maximum Gasteiger partial charge on any atom is 0.270 e. The topological polar surface area (TPSA) is 101 Å². The van der Waals surface area contributed by atoms with Crippen molar-refractivity contribution in [2.24, 2.45) is 0 Å². The molecule has 0 saturated carbocycles. The Bertz CT molecular complexity index is 839. The van der Waals surface area contributed by atoms with Gasteiger partial charge in [0.2, 0.25) is 0 Å². The van der Waals surface area contributed by atoms with Gasteiger partial charge in [-0.1, -0.05) is 28.1 Å². The molecule has 2 rings (SSSR count). The number of hydrogen-bond acceptors (Lipinski definition) is 4. The van der Waals surface area contributed by atoms with Crippen LogP contribution in [0.3, 0.4) is 0 Å². The van der Waals surface area contributed by atoms with Crippen LogP contribution in [0.5, 0.6) is 0 Å². The summed E-state index contributed by atoms with van der Waals surface area (Å²) in [6.45, 7) is 2.47. The molecule has 8 heteroatoms. The highest BCUT2D eigenvalue weighted by Gasteiger charge is 2.14. The van der Waals surface area contributed by atoms with Gasteiger partial charge >= 0.3 is 0 Å². The number of benzene rings is 2. The maximum atomic E-state index is 12.2. The molecule has 0 atom stereocenters. The molecule has 2 N–H and O–H groups in total. The van der Waals surface area contributed by atoms with Gasteiger partial charge in [0, 0.05) is 40.8 Å². The van der Waals surface area contributed by atoms with Crippen molar-refractivity contribution >= 4 is 33.4 Å². The van der Waals surface area contributed by atoms with Gasteiger partial charge in [-0.05, 0) is 37.1 Å². The lowest BCUT2D eigenvalue weighted by Gasteiger charge is -2.09.